The van der Waals surface area contributed by atoms with Gasteiger partial charge in [0.2, 0.25) is 0 Å². The normalized spacial score (nSPS) is 18.9. The Balaban J connectivity index is 2.33. The van der Waals surface area contributed by atoms with Gasteiger partial charge in [0, 0.05) is 13.1 Å². The fraction of sp³-hybridized carbons (Fsp3) is 0.933. The average Bonchev–Trinajstić information content (AvgIpc) is 2.78. The minimum Gasteiger partial charge on any atom is -0.388 e. The molecule has 3 N–H and O–H groups in total. The molecule has 1 fully saturated rings. The summed E-state index contributed by atoms with van der Waals surface area (Å²) in [5.74, 6) is 1.59. The zero-order chi connectivity index (χ0) is 14.1. The molecule has 0 spiro atoms. The smallest absolute Gasteiger partial charge is 0.191 e. The average molecular weight is 269 g/mol. The molecule has 1 rings (SSSR count). The number of aliphatic hydroxyl groups is 1. The SMILES string of the molecule is CCNC(=NCC1(O)CCCC1)NCCCC(C)C. The van der Waals surface area contributed by atoms with Crippen molar-refractivity contribution < 1.29 is 5.11 Å². The molecule has 1 aliphatic rings. The van der Waals surface area contributed by atoms with Gasteiger partial charge in [-0.1, -0.05) is 26.7 Å². The molecule has 0 aromatic heterocycles. The predicted octanol–water partition coefficient (Wildman–Crippen LogP) is 2.28. The van der Waals surface area contributed by atoms with Crippen LogP contribution >= 0.6 is 0 Å². The Morgan fingerprint density at radius 2 is 1.95 bits per heavy atom. The van der Waals surface area contributed by atoms with Crippen LogP contribution in [0.5, 0.6) is 0 Å². The highest BCUT2D eigenvalue weighted by molar-refractivity contribution is 5.79. The highest BCUT2D eigenvalue weighted by Gasteiger charge is 2.30. The monoisotopic (exact) mass is 269 g/mol. The van der Waals surface area contributed by atoms with Crippen LogP contribution in [-0.4, -0.2) is 36.3 Å². The highest BCUT2D eigenvalue weighted by atomic mass is 16.3. The summed E-state index contributed by atoms with van der Waals surface area (Å²) in [7, 11) is 0. The summed E-state index contributed by atoms with van der Waals surface area (Å²) in [5, 5.41) is 16.9. The standard InChI is InChI=1S/C15H31N3O/c1-4-16-14(17-11-7-8-13(2)3)18-12-15(19)9-5-6-10-15/h13,19H,4-12H2,1-3H3,(H2,16,17,18). The van der Waals surface area contributed by atoms with Crippen molar-refractivity contribution in [1.29, 1.82) is 0 Å². The molecular formula is C15H31N3O. The molecule has 4 nitrogen and oxygen atoms in total. The van der Waals surface area contributed by atoms with Crippen molar-refractivity contribution in [2.75, 3.05) is 19.6 Å². The molecule has 0 saturated heterocycles. The van der Waals surface area contributed by atoms with Crippen LogP contribution in [0, 0.1) is 5.92 Å². The van der Waals surface area contributed by atoms with Crippen molar-refractivity contribution in [2.24, 2.45) is 10.9 Å². The van der Waals surface area contributed by atoms with E-state index >= 15 is 0 Å². The number of nitrogens with zero attached hydrogens (tertiary/aromatic N) is 1. The lowest BCUT2D eigenvalue weighted by Gasteiger charge is -2.20. The van der Waals surface area contributed by atoms with Gasteiger partial charge in [-0.2, -0.15) is 0 Å². The lowest BCUT2D eigenvalue weighted by Crippen LogP contribution is -2.39. The molecule has 0 unspecified atom stereocenters. The van der Waals surface area contributed by atoms with Gasteiger partial charge in [-0.05, 0) is 38.5 Å². The Hall–Kier alpha value is -0.770. The summed E-state index contributed by atoms with van der Waals surface area (Å²) >= 11 is 0. The number of guanidine groups is 1. The van der Waals surface area contributed by atoms with Crippen molar-refractivity contribution in [3.05, 3.63) is 0 Å². The fourth-order valence-corrected chi connectivity index (χ4v) is 2.48. The van der Waals surface area contributed by atoms with Gasteiger partial charge < -0.3 is 15.7 Å². The van der Waals surface area contributed by atoms with E-state index in [-0.39, 0.29) is 0 Å². The topological polar surface area (TPSA) is 56.7 Å². The first-order chi connectivity index (χ1) is 9.06. The minimum absolute atomic E-state index is 0.520. The molecule has 0 aliphatic heterocycles. The summed E-state index contributed by atoms with van der Waals surface area (Å²) in [4.78, 5) is 4.53. The van der Waals surface area contributed by atoms with Crippen LogP contribution < -0.4 is 10.6 Å². The Bertz CT molecular complexity index is 271. The Labute approximate surface area is 118 Å². The van der Waals surface area contributed by atoms with Crippen molar-refractivity contribution in [1.82, 2.24) is 10.6 Å². The van der Waals surface area contributed by atoms with Gasteiger partial charge >= 0.3 is 0 Å². The second-order valence-electron chi connectivity index (χ2n) is 6.09. The zero-order valence-corrected chi connectivity index (χ0v) is 12.8. The van der Waals surface area contributed by atoms with Crippen LogP contribution in [0.1, 0.15) is 59.3 Å². The molecule has 1 saturated carbocycles. The summed E-state index contributed by atoms with van der Waals surface area (Å²) < 4.78 is 0. The fourth-order valence-electron chi connectivity index (χ4n) is 2.48. The second kappa shape index (κ2) is 8.41. The first kappa shape index (κ1) is 16.3. The van der Waals surface area contributed by atoms with E-state index in [9.17, 15) is 5.11 Å². The van der Waals surface area contributed by atoms with E-state index in [4.69, 9.17) is 0 Å². The molecule has 0 atom stereocenters. The Morgan fingerprint density at radius 1 is 1.26 bits per heavy atom. The second-order valence-corrected chi connectivity index (χ2v) is 6.09. The van der Waals surface area contributed by atoms with Gasteiger partial charge in [-0.15, -0.1) is 0 Å². The summed E-state index contributed by atoms with van der Waals surface area (Å²) in [6, 6.07) is 0. The Morgan fingerprint density at radius 3 is 2.53 bits per heavy atom. The number of hydrogen-bond donors (Lipinski definition) is 3. The molecule has 0 amide bonds. The third kappa shape index (κ3) is 6.81. The van der Waals surface area contributed by atoms with Crippen LogP contribution in [0.25, 0.3) is 0 Å². The van der Waals surface area contributed by atoms with Gasteiger partial charge in [-0.3, -0.25) is 4.99 Å². The van der Waals surface area contributed by atoms with Crippen LogP contribution in [0.3, 0.4) is 0 Å². The first-order valence-corrected chi connectivity index (χ1v) is 7.80. The minimum atomic E-state index is -0.555. The van der Waals surface area contributed by atoms with Gasteiger partial charge in [0.1, 0.15) is 0 Å². The van der Waals surface area contributed by atoms with Gasteiger partial charge in [0.15, 0.2) is 5.96 Å². The number of hydrogen-bond acceptors (Lipinski definition) is 2. The van der Waals surface area contributed by atoms with Crippen molar-refractivity contribution in [2.45, 2.75) is 64.9 Å². The number of nitrogens with one attached hydrogen (secondary N) is 2. The molecule has 112 valence electrons. The molecule has 0 heterocycles. The van der Waals surface area contributed by atoms with Crippen molar-refractivity contribution in [3.63, 3.8) is 0 Å². The summed E-state index contributed by atoms with van der Waals surface area (Å²) in [6.07, 6.45) is 6.43. The van der Waals surface area contributed by atoms with E-state index < -0.39 is 5.60 Å². The predicted molar refractivity (Wildman–Crippen MR) is 81.5 cm³/mol. The van der Waals surface area contributed by atoms with E-state index in [0.29, 0.717) is 6.54 Å². The van der Waals surface area contributed by atoms with Crippen LogP contribution in [0.15, 0.2) is 4.99 Å². The third-order valence-electron chi connectivity index (χ3n) is 3.66. The van der Waals surface area contributed by atoms with E-state index in [1.165, 1.54) is 6.42 Å². The van der Waals surface area contributed by atoms with Crippen LogP contribution in [-0.2, 0) is 0 Å². The molecule has 1 aliphatic carbocycles. The maximum atomic E-state index is 10.3. The maximum Gasteiger partial charge on any atom is 0.191 e. The molecule has 0 aromatic rings. The van der Waals surface area contributed by atoms with E-state index in [1.54, 1.807) is 0 Å². The van der Waals surface area contributed by atoms with Crippen molar-refractivity contribution >= 4 is 5.96 Å². The third-order valence-corrected chi connectivity index (χ3v) is 3.66. The first-order valence-electron chi connectivity index (χ1n) is 7.80. The van der Waals surface area contributed by atoms with Gasteiger partial charge in [0.05, 0.1) is 12.1 Å². The van der Waals surface area contributed by atoms with Crippen LogP contribution in [0.4, 0.5) is 0 Å². The molecule has 0 radical (unpaired) electrons. The largest absolute Gasteiger partial charge is 0.388 e. The van der Waals surface area contributed by atoms with Gasteiger partial charge in [0.25, 0.3) is 0 Å². The maximum absolute atomic E-state index is 10.3. The summed E-state index contributed by atoms with van der Waals surface area (Å²) in [6.45, 7) is 8.88. The van der Waals surface area contributed by atoms with Gasteiger partial charge in [-0.25, -0.2) is 0 Å². The molecular weight excluding hydrogens is 238 g/mol. The lowest BCUT2D eigenvalue weighted by molar-refractivity contribution is 0.0574. The van der Waals surface area contributed by atoms with Crippen LogP contribution in [0.2, 0.25) is 0 Å². The molecule has 0 aromatic carbocycles. The molecule has 4 heteroatoms. The van der Waals surface area contributed by atoms with E-state index in [0.717, 1.165) is 57.1 Å². The van der Waals surface area contributed by atoms with E-state index in [1.807, 2.05) is 0 Å². The highest BCUT2D eigenvalue weighted by Crippen LogP contribution is 2.29. The van der Waals surface area contributed by atoms with Crippen molar-refractivity contribution in [3.8, 4) is 0 Å². The lowest BCUT2D eigenvalue weighted by atomic mass is 10.0. The molecule has 19 heavy (non-hydrogen) atoms. The zero-order valence-electron chi connectivity index (χ0n) is 12.8. The molecule has 0 bridgehead atoms. The Kier molecular flexibility index (Phi) is 7.21. The van der Waals surface area contributed by atoms with E-state index in [2.05, 4.69) is 36.4 Å². The quantitative estimate of drug-likeness (QED) is 0.377. The summed E-state index contributed by atoms with van der Waals surface area (Å²) in [5.41, 5.74) is -0.555. The number of rotatable bonds is 7. The number of aliphatic imine (C=N–C) groups is 1.